The molecule has 1 heterocycles. The zero-order valence-corrected chi connectivity index (χ0v) is 10.3. The van der Waals surface area contributed by atoms with Crippen molar-refractivity contribution in [2.24, 2.45) is 0 Å². The van der Waals surface area contributed by atoms with Crippen molar-refractivity contribution >= 4 is 11.3 Å². The zero-order chi connectivity index (χ0) is 11.1. The molecular weight excluding hydrogens is 206 g/mol. The largest absolute Gasteiger partial charge is 0.313 e. The standard InChI is InChI=1S/C11H19N3S/c1-4-12-5-10(2)6-14(3)7-11-8-15-9-13-11/h8-9,12H,2,4-7H2,1,3H3. The molecule has 1 rings (SSSR count). The number of likely N-dealkylation sites (N-methyl/N-ethyl adjacent to an activating group) is 2. The molecule has 0 aromatic carbocycles. The lowest BCUT2D eigenvalue weighted by Crippen LogP contribution is -2.25. The Balaban J connectivity index is 2.23. The molecule has 1 aromatic heterocycles. The predicted octanol–water partition coefficient (Wildman–Crippen LogP) is 1.74. The highest BCUT2D eigenvalue weighted by molar-refractivity contribution is 7.07. The molecule has 0 radical (unpaired) electrons. The maximum absolute atomic E-state index is 4.26. The summed E-state index contributed by atoms with van der Waals surface area (Å²) in [6, 6.07) is 0. The molecule has 4 heteroatoms. The van der Waals surface area contributed by atoms with Crippen LogP contribution in [-0.2, 0) is 6.54 Å². The average molecular weight is 225 g/mol. The first-order valence-electron chi connectivity index (χ1n) is 5.15. The van der Waals surface area contributed by atoms with Crippen LogP contribution in [0, 0.1) is 0 Å². The number of rotatable bonds is 7. The van der Waals surface area contributed by atoms with E-state index in [1.807, 2.05) is 5.51 Å². The second-order valence-electron chi connectivity index (χ2n) is 3.68. The maximum atomic E-state index is 4.26. The molecule has 0 atom stereocenters. The van der Waals surface area contributed by atoms with Crippen molar-refractivity contribution in [2.45, 2.75) is 13.5 Å². The van der Waals surface area contributed by atoms with Gasteiger partial charge in [-0.3, -0.25) is 4.90 Å². The summed E-state index contributed by atoms with van der Waals surface area (Å²) in [4.78, 5) is 6.49. The van der Waals surface area contributed by atoms with Crippen LogP contribution < -0.4 is 5.32 Å². The van der Waals surface area contributed by atoms with Crippen LogP contribution in [0.5, 0.6) is 0 Å². The molecule has 0 amide bonds. The van der Waals surface area contributed by atoms with E-state index in [0.29, 0.717) is 0 Å². The molecule has 0 spiro atoms. The van der Waals surface area contributed by atoms with E-state index in [2.05, 4.69) is 41.1 Å². The monoisotopic (exact) mass is 225 g/mol. The number of hydrogen-bond acceptors (Lipinski definition) is 4. The van der Waals surface area contributed by atoms with Crippen LogP contribution in [0.15, 0.2) is 23.0 Å². The van der Waals surface area contributed by atoms with E-state index in [4.69, 9.17) is 0 Å². The molecular formula is C11H19N3S. The summed E-state index contributed by atoms with van der Waals surface area (Å²) in [6.07, 6.45) is 0. The average Bonchev–Trinajstić information content (AvgIpc) is 2.67. The van der Waals surface area contributed by atoms with Crippen molar-refractivity contribution in [1.29, 1.82) is 0 Å². The Bertz CT molecular complexity index is 282. The van der Waals surface area contributed by atoms with Crippen molar-refractivity contribution < 1.29 is 0 Å². The minimum Gasteiger partial charge on any atom is -0.313 e. The van der Waals surface area contributed by atoms with Gasteiger partial charge in [-0.1, -0.05) is 13.5 Å². The lowest BCUT2D eigenvalue weighted by Gasteiger charge is -2.17. The van der Waals surface area contributed by atoms with Crippen LogP contribution >= 0.6 is 11.3 Å². The second-order valence-corrected chi connectivity index (χ2v) is 4.40. The molecule has 0 aliphatic carbocycles. The van der Waals surface area contributed by atoms with E-state index >= 15 is 0 Å². The van der Waals surface area contributed by atoms with Crippen molar-refractivity contribution in [3.8, 4) is 0 Å². The fraction of sp³-hybridized carbons (Fsp3) is 0.545. The third-order valence-corrected chi connectivity index (χ3v) is 2.67. The summed E-state index contributed by atoms with van der Waals surface area (Å²) in [5.41, 5.74) is 4.23. The van der Waals surface area contributed by atoms with Gasteiger partial charge in [-0.25, -0.2) is 4.98 Å². The van der Waals surface area contributed by atoms with E-state index in [1.165, 1.54) is 5.57 Å². The first-order valence-corrected chi connectivity index (χ1v) is 6.09. The van der Waals surface area contributed by atoms with Crippen LogP contribution in [0.1, 0.15) is 12.6 Å². The molecule has 0 saturated heterocycles. The molecule has 0 bridgehead atoms. The van der Waals surface area contributed by atoms with E-state index in [1.54, 1.807) is 11.3 Å². The lowest BCUT2D eigenvalue weighted by molar-refractivity contribution is 0.348. The smallest absolute Gasteiger partial charge is 0.0795 e. The summed E-state index contributed by atoms with van der Waals surface area (Å²) >= 11 is 1.64. The maximum Gasteiger partial charge on any atom is 0.0795 e. The van der Waals surface area contributed by atoms with Gasteiger partial charge < -0.3 is 5.32 Å². The number of hydrogen-bond donors (Lipinski definition) is 1. The molecule has 0 aliphatic heterocycles. The minimum absolute atomic E-state index is 0.897. The number of nitrogens with zero attached hydrogens (tertiary/aromatic N) is 2. The first-order chi connectivity index (χ1) is 7.22. The summed E-state index contributed by atoms with van der Waals surface area (Å²) in [6.45, 7) is 9.86. The normalized spacial score (nSPS) is 10.9. The fourth-order valence-corrected chi connectivity index (χ4v) is 1.94. The quantitative estimate of drug-likeness (QED) is 0.717. The zero-order valence-electron chi connectivity index (χ0n) is 9.49. The summed E-state index contributed by atoms with van der Waals surface area (Å²) in [5, 5.41) is 5.36. The van der Waals surface area contributed by atoms with Gasteiger partial charge in [-0.05, 0) is 19.2 Å². The van der Waals surface area contributed by atoms with Gasteiger partial charge in [0.05, 0.1) is 11.2 Å². The highest BCUT2D eigenvalue weighted by Gasteiger charge is 2.03. The van der Waals surface area contributed by atoms with Gasteiger partial charge in [-0.15, -0.1) is 11.3 Å². The molecule has 0 fully saturated rings. The number of thiazole rings is 1. The second kappa shape index (κ2) is 6.71. The van der Waals surface area contributed by atoms with Gasteiger partial charge in [0.15, 0.2) is 0 Å². The molecule has 1 N–H and O–H groups in total. The third kappa shape index (κ3) is 5.06. The van der Waals surface area contributed by atoms with Gasteiger partial charge in [0.2, 0.25) is 0 Å². The van der Waals surface area contributed by atoms with Crippen LogP contribution in [0.25, 0.3) is 0 Å². The predicted molar refractivity (Wildman–Crippen MR) is 66.1 cm³/mol. The summed E-state index contributed by atoms with van der Waals surface area (Å²) in [5.74, 6) is 0. The van der Waals surface area contributed by atoms with E-state index < -0.39 is 0 Å². The SMILES string of the molecule is C=C(CNCC)CN(C)Cc1cscn1. The number of aromatic nitrogens is 1. The van der Waals surface area contributed by atoms with Gasteiger partial charge in [0, 0.05) is 25.0 Å². The van der Waals surface area contributed by atoms with Gasteiger partial charge in [-0.2, -0.15) is 0 Å². The molecule has 15 heavy (non-hydrogen) atoms. The van der Waals surface area contributed by atoms with Crippen LogP contribution in [0.2, 0.25) is 0 Å². The van der Waals surface area contributed by atoms with Crippen molar-refractivity contribution in [3.05, 3.63) is 28.7 Å². The molecule has 3 nitrogen and oxygen atoms in total. The van der Waals surface area contributed by atoms with E-state index in [9.17, 15) is 0 Å². The molecule has 1 aromatic rings. The Labute approximate surface area is 95.8 Å². The van der Waals surface area contributed by atoms with Gasteiger partial charge >= 0.3 is 0 Å². The topological polar surface area (TPSA) is 28.2 Å². The summed E-state index contributed by atoms with van der Waals surface area (Å²) < 4.78 is 0. The molecule has 0 saturated carbocycles. The minimum atomic E-state index is 0.897. The van der Waals surface area contributed by atoms with Crippen LogP contribution in [0.3, 0.4) is 0 Å². The highest BCUT2D eigenvalue weighted by atomic mass is 32.1. The molecule has 84 valence electrons. The lowest BCUT2D eigenvalue weighted by atomic mass is 10.2. The molecule has 0 unspecified atom stereocenters. The van der Waals surface area contributed by atoms with Crippen LogP contribution in [0.4, 0.5) is 0 Å². The fourth-order valence-electron chi connectivity index (χ4n) is 1.39. The Morgan fingerprint density at radius 2 is 2.47 bits per heavy atom. The van der Waals surface area contributed by atoms with Gasteiger partial charge in [0.1, 0.15) is 0 Å². The third-order valence-electron chi connectivity index (χ3n) is 2.03. The van der Waals surface area contributed by atoms with Crippen molar-refractivity contribution in [3.63, 3.8) is 0 Å². The Hall–Kier alpha value is -0.710. The van der Waals surface area contributed by atoms with Gasteiger partial charge in [0.25, 0.3) is 0 Å². The Morgan fingerprint density at radius 3 is 3.07 bits per heavy atom. The van der Waals surface area contributed by atoms with Crippen LogP contribution in [-0.4, -0.2) is 36.6 Å². The van der Waals surface area contributed by atoms with E-state index in [-0.39, 0.29) is 0 Å². The highest BCUT2D eigenvalue weighted by Crippen LogP contribution is 2.05. The van der Waals surface area contributed by atoms with E-state index in [0.717, 1.165) is 31.9 Å². The number of nitrogens with one attached hydrogen (secondary N) is 1. The van der Waals surface area contributed by atoms with Crippen molar-refractivity contribution in [2.75, 3.05) is 26.7 Å². The Kier molecular flexibility index (Phi) is 5.53. The van der Waals surface area contributed by atoms with Crippen molar-refractivity contribution in [1.82, 2.24) is 15.2 Å². The first kappa shape index (κ1) is 12.4. The Morgan fingerprint density at radius 1 is 1.67 bits per heavy atom. The molecule has 0 aliphatic rings. The summed E-state index contributed by atoms with van der Waals surface area (Å²) in [7, 11) is 2.09.